The SMILES string of the molecule is COCc1cccc(-n2nnc3cnc(Nc4cccc(S(=O)(=O)NCC(N)=O)c4)nc32)c1. The van der Waals surface area contributed by atoms with Gasteiger partial charge in [0.1, 0.15) is 0 Å². The van der Waals surface area contributed by atoms with Gasteiger partial charge in [0.25, 0.3) is 0 Å². The molecule has 0 unspecified atom stereocenters. The van der Waals surface area contributed by atoms with Crippen LogP contribution >= 0.6 is 0 Å². The summed E-state index contributed by atoms with van der Waals surface area (Å²) in [4.78, 5) is 19.6. The number of rotatable bonds is 9. The molecule has 4 N–H and O–H groups in total. The summed E-state index contributed by atoms with van der Waals surface area (Å²) in [5.41, 5.74) is 8.12. The lowest BCUT2D eigenvalue weighted by molar-refractivity contribution is -0.116. The average Bonchev–Trinajstić information content (AvgIpc) is 3.22. The number of ether oxygens (including phenoxy) is 1. The molecule has 0 radical (unpaired) electrons. The van der Waals surface area contributed by atoms with Crippen molar-refractivity contribution in [1.82, 2.24) is 29.7 Å². The molecule has 0 aliphatic carbocycles. The number of hydrogen-bond donors (Lipinski definition) is 3. The lowest BCUT2D eigenvalue weighted by Crippen LogP contribution is -2.33. The Balaban J connectivity index is 1.62. The maximum atomic E-state index is 12.4. The van der Waals surface area contributed by atoms with Crippen molar-refractivity contribution >= 4 is 38.7 Å². The molecule has 0 bridgehead atoms. The van der Waals surface area contributed by atoms with Crippen molar-refractivity contribution in [3.63, 3.8) is 0 Å². The Morgan fingerprint density at radius 2 is 2.00 bits per heavy atom. The van der Waals surface area contributed by atoms with Crippen LogP contribution in [0.1, 0.15) is 5.56 Å². The summed E-state index contributed by atoms with van der Waals surface area (Å²) in [6, 6.07) is 13.6. The highest BCUT2D eigenvalue weighted by molar-refractivity contribution is 7.89. The minimum atomic E-state index is -3.91. The van der Waals surface area contributed by atoms with Gasteiger partial charge in [-0.25, -0.2) is 18.1 Å². The molecule has 0 saturated heterocycles. The van der Waals surface area contributed by atoms with Crippen molar-refractivity contribution in [3.8, 4) is 5.69 Å². The van der Waals surface area contributed by atoms with Crippen LogP contribution in [0.4, 0.5) is 11.6 Å². The van der Waals surface area contributed by atoms with Crippen LogP contribution < -0.4 is 15.8 Å². The van der Waals surface area contributed by atoms with E-state index in [0.717, 1.165) is 11.3 Å². The first-order valence-electron chi connectivity index (χ1n) is 9.67. The summed E-state index contributed by atoms with van der Waals surface area (Å²) < 4.78 is 33.6. The van der Waals surface area contributed by atoms with Gasteiger partial charge in [0.15, 0.2) is 11.2 Å². The van der Waals surface area contributed by atoms with Crippen molar-refractivity contribution in [2.24, 2.45) is 5.73 Å². The van der Waals surface area contributed by atoms with Crippen LogP contribution in [-0.2, 0) is 26.2 Å². The molecule has 0 saturated carbocycles. The summed E-state index contributed by atoms with van der Waals surface area (Å²) in [6.07, 6.45) is 1.52. The number of carbonyl (C=O) groups excluding carboxylic acids is 1. The van der Waals surface area contributed by atoms with E-state index in [0.29, 0.717) is 23.5 Å². The maximum absolute atomic E-state index is 12.4. The second-order valence-electron chi connectivity index (χ2n) is 6.95. The fraction of sp³-hybridized carbons (Fsp3) is 0.150. The first-order valence-corrected chi connectivity index (χ1v) is 11.2. The Hall–Kier alpha value is -3.94. The monoisotopic (exact) mass is 468 g/mol. The first-order chi connectivity index (χ1) is 15.9. The highest BCUT2D eigenvalue weighted by Gasteiger charge is 2.16. The van der Waals surface area contributed by atoms with E-state index in [4.69, 9.17) is 10.5 Å². The number of primary amides is 1. The summed E-state index contributed by atoms with van der Waals surface area (Å²) >= 11 is 0. The van der Waals surface area contributed by atoms with Crippen LogP contribution in [0.15, 0.2) is 59.6 Å². The van der Waals surface area contributed by atoms with Crippen molar-refractivity contribution in [1.29, 1.82) is 0 Å². The second kappa shape index (κ2) is 9.28. The Labute approximate surface area is 188 Å². The molecule has 0 fully saturated rings. The number of carbonyl (C=O) groups is 1. The molecular weight excluding hydrogens is 448 g/mol. The number of methoxy groups -OCH3 is 1. The molecule has 12 nitrogen and oxygen atoms in total. The van der Waals surface area contributed by atoms with Crippen LogP contribution in [-0.4, -0.2) is 52.9 Å². The van der Waals surface area contributed by atoms with Gasteiger partial charge in [0.05, 0.1) is 29.9 Å². The zero-order chi connectivity index (χ0) is 23.4. The van der Waals surface area contributed by atoms with Gasteiger partial charge in [0, 0.05) is 12.8 Å². The van der Waals surface area contributed by atoms with Gasteiger partial charge in [0.2, 0.25) is 21.9 Å². The fourth-order valence-corrected chi connectivity index (χ4v) is 4.07. The molecule has 2 aromatic heterocycles. The number of aromatic nitrogens is 5. The van der Waals surface area contributed by atoms with Gasteiger partial charge < -0.3 is 15.8 Å². The number of nitrogens with two attached hydrogens (primary N) is 1. The maximum Gasteiger partial charge on any atom is 0.241 e. The molecule has 2 aromatic carbocycles. The zero-order valence-corrected chi connectivity index (χ0v) is 18.3. The Bertz CT molecular complexity index is 1420. The average molecular weight is 468 g/mol. The van der Waals surface area contributed by atoms with E-state index in [1.165, 1.54) is 18.3 Å². The molecule has 0 atom stereocenters. The standard InChI is InChI=1S/C20H20N8O4S/c1-32-12-13-4-2-6-15(8-13)28-19-17(26-27-28)10-22-20(25-19)24-14-5-3-7-16(9-14)33(30,31)23-11-18(21)29/h2-10,23H,11-12H2,1H3,(H2,21,29)(H,22,24,25). The van der Waals surface area contributed by atoms with E-state index in [1.807, 2.05) is 24.3 Å². The van der Waals surface area contributed by atoms with Crippen LogP contribution in [0, 0.1) is 0 Å². The minimum Gasteiger partial charge on any atom is -0.380 e. The molecule has 1 amide bonds. The van der Waals surface area contributed by atoms with Gasteiger partial charge >= 0.3 is 0 Å². The number of hydrogen-bond acceptors (Lipinski definition) is 9. The number of nitrogens with zero attached hydrogens (tertiary/aromatic N) is 5. The molecule has 4 rings (SSSR count). The predicted molar refractivity (Wildman–Crippen MR) is 119 cm³/mol. The smallest absolute Gasteiger partial charge is 0.241 e. The third-order valence-corrected chi connectivity index (χ3v) is 5.89. The zero-order valence-electron chi connectivity index (χ0n) is 17.5. The third kappa shape index (κ3) is 5.11. The molecule has 170 valence electrons. The minimum absolute atomic E-state index is 0.0449. The molecule has 0 spiro atoms. The van der Waals surface area contributed by atoms with Crippen LogP contribution in [0.25, 0.3) is 16.9 Å². The van der Waals surface area contributed by atoms with E-state index in [2.05, 4.69) is 30.3 Å². The van der Waals surface area contributed by atoms with Gasteiger partial charge in [-0.1, -0.05) is 23.4 Å². The second-order valence-corrected chi connectivity index (χ2v) is 8.72. The summed E-state index contributed by atoms with van der Waals surface area (Å²) in [7, 11) is -2.29. The number of benzene rings is 2. The number of amides is 1. The fourth-order valence-electron chi connectivity index (χ4n) is 3.03. The Kier molecular flexibility index (Phi) is 6.26. The van der Waals surface area contributed by atoms with Crippen molar-refractivity contribution in [2.75, 3.05) is 19.0 Å². The predicted octanol–water partition coefficient (Wildman–Crippen LogP) is 0.864. The number of anilines is 2. The highest BCUT2D eigenvalue weighted by atomic mass is 32.2. The quantitative estimate of drug-likeness (QED) is 0.323. The van der Waals surface area contributed by atoms with E-state index in [1.54, 1.807) is 23.9 Å². The van der Waals surface area contributed by atoms with Crippen LogP contribution in [0.5, 0.6) is 0 Å². The van der Waals surface area contributed by atoms with Crippen LogP contribution in [0.2, 0.25) is 0 Å². The molecule has 2 heterocycles. The van der Waals surface area contributed by atoms with E-state index < -0.39 is 22.5 Å². The molecule has 0 aliphatic rings. The number of sulfonamides is 1. The largest absolute Gasteiger partial charge is 0.380 e. The number of nitrogens with one attached hydrogen (secondary N) is 2. The van der Waals surface area contributed by atoms with Gasteiger partial charge in [-0.05, 0) is 35.9 Å². The summed E-state index contributed by atoms with van der Waals surface area (Å²) in [6.45, 7) is -0.0435. The van der Waals surface area contributed by atoms with Crippen molar-refractivity contribution in [3.05, 3.63) is 60.3 Å². The molecule has 33 heavy (non-hydrogen) atoms. The molecule has 4 aromatic rings. The molecular formula is C20H20N8O4S. The number of fused-ring (bicyclic) bond motifs is 1. The third-order valence-electron chi connectivity index (χ3n) is 4.50. The van der Waals surface area contributed by atoms with Crippen molar-refractivity contribution < 1.29 is 17.9 Å². The topological polar surface area (TPSA) is 167 Å². The molecule has 13 heteroatoms. The Morgan fingerprint density at radius 3 is 2.79 bits per heavy atom. The van der Waals surface area contributed by atoms with Gasteiger partial charge in [-0.15, -0.1) is 5.10 Å². The lowest BCUT2D eigenvalue weighted by atomic mass is 10.2. The van der Waals surface area contributed by atoms with Gasteiger partial charge in [-0.2, -0.15) is 9.67 Å². The van der Waals surface area contributed by atoms with E-state index in [9.17, 15) is 13.2 Å². The lowest BCUT2D eigenvalue weighted by Gasteiger charge is -2.09. The highest BCUT2D eigenvalue weighted by Crippen LogP contribution is 2.21. The summed E-state index contributed by atoms with van der Waals surface area (Å²) in [5, 5.41) is 11.2. The first kappa shape index (κ1) is 22.3. The Morgan fingerprint density at radius 1 is 1.18 bits per heavy atom. The molecule has 0 aliphatic heterocycles. The van der Waals surface area contributed by atoms with E-state index in [-0.39, 0.29) is 10.8 Å². The summed E-state index contributed by atoms with van der Waals surface area (Å²) in [5.74, 6) is -0.564. The normalized spacial score (nSPS) is 11.5. The van der Waals surface area contributed by atoms with Crippen molar-refractivity contribution in [2.45, 2.75) is 11.5 Å². The van der Waals surface area contributed by atoms with Crippen LogP contribution in [0.3, 0.4) is 0 Å². The van der Waals surface area contributed by atoms with Gasteiger partial charge in [-0.3, -0.25) is 4.79 Å². The van der Waals surface area contributed by atoms with E-state index >= 15 is 0 Å².